The maximum atomic E-state index is 11.5. The highest BCUT2D eigenvalue weighted by atomic mass is 16.5. The maximum absolute atomic E-state index is 11.5. The van der Waals surface area contributed by atoms with E-state index in [1.165, 1.54) is 25.3 Å². The highest BCUT2D eigenvalue weighted by Crippen LogP contribution is 2.16. The minimum Gasteiger partial charge on any atom is -0.545 e. The van der Waals surface area contributed by atoms with Gasteiger partial charge in [-0.3, -0.25) is 4.79 Å². The number of benzene rings is 2. The van der Waals surface area contributed by atoms with Gasteiger partial charge in [-0.1, -0.05) is 30.3 Å². The van der Waals surface area contributed by atoms with Crippen molar-refractivity contribution in [1.29, 1.82) is 5.26 Å². The van der Waals surface area contributed by atoms with Gasteiger partial charge in [0.15, 0.2) is 0 Å². The topological polar surface area (TPSA) is 102 Å². The van der Waals surface area contributed by atoms with Gasteiger partial charge in [0.25, 0.3) is 5.91 Å². The molecule has 25 heavy (non-hydrogen) atoms. The molecule has 0 aliphatic heterocycles. The number of carboxylic acids is 1. The molecule has 0 aromatic heterocycles. The molecule has 0 spiro atoms. The number of rotatable bonds is 6. The number of nitrogens with zero attached hydrogens (tertiary/aromatic N) is 1. The predicted octanol–water partition coefficient (Wildman–Crippen LogP) is 1.28. The monoisotopic (exact) mass is 335 g/mol. The molecule has 1 N–H and O–H groups in total. The number of amides is 1. The number of aromatic carboxylic acids is 1. The SMILES string of the molecule is CNC(=O)/C(C#N)=C/c1ccc(OCc2cccc(C(=O)[O-])c2)cc1. The summed E-state index contributed by atoms with van der Waals surface area (Å²) in [5, 5.41) is 22.2. The van der Waals surface area contributed by atoms with Crippen molar-refractivity contribution in [3.8, 4) is 11.8 Å². The second-order valence-electron chi connectivity index (χ2n) is 5.09. The van der Waals surface area contributed by atoms with Crippen LogP contribution in [0, 0.1) is 11.3 Å². The van der Waals surface area contributed by atoms with Gasteiger partial charge in [-0.2, -0.15) is 5.26 Å². The number of hydrogen-bond acceptors (Lipinski definition) is 5. The Morgan fingerprint density at radius 2 is 1.96 bits per heavy atom. The zero-order valence-corrected chi connectivity index (χ0v) is 13.5. The lowest BCUT2D eigenvalue weighted by molar-refractivity contribution is -0.255. The van der Waals surface area contributed by atoms with Crippen LogP contribution in [0.4, 0.5) is 0 Å². The van der Waals surface area contributed by atoms with Crippen LogP contribution in [-0.4, -0.2) is 18.9 Å². The summed E-state index contributed by atoms with van der Waals surface area (Å²) >= 11 is 0. The third kappa shape index (κ3) is 4.94. The van der Waals surface area contributed by atoms with Crippen LogP contribution in [0.2, 0.25) is 0 Å². The second-order valence-corrected chi connectivity index (χ2v) is 5.09. The summed E-state index contributed by atoms with van der Waals surface area (Å²) in [7, 11) is 1.46. The van der Waals surface area contributed by atoms with Gasteiger partial charge in [-0.25, -0.2) is 0 Å². The van der Waals surface area contributed by atoms with Crippen LogP contribution in [0.15, 0.2) is 54.1 Å². The number of carbonyl (C=O) groups is 2. The minimum atomic E-state index is -1.23. The zero-order chi connectivity index (χ0) is 18.2. The quantitative estimate of drug-likeness (QED) is 0.633. The smallest absolute Gasteiger partial charge is 0.261 e. The number of ether oxygens (including phenoxy) is 1. The second kappa shape index (κ2) is 8.31. The molecule has 6 nitrogen and oxygen atoms in total. The molecule has 0 heterocycles. The molecule has 126 valence electrons. The van der Waals surface area contributed by atoms with Gasteiger partial charge in [0.05, 0.1) is 5.97 Å². The molecule has 0 saturated heterocycles. The molecule has 1 amide bonds. The molecule has 0 atom stereocenters. The zero-order valence-electron chi connectivity index (χ0n) is 13.5. The largest absolute Gasteiger partial charge is 0.545 e. The van der Waals surface area contributed by atoms with Crippen LogP contribution in [0.1, 0.15) is 21.5 Å². The van der Waals surface area contributed by atoms with E-state index in [4.69, 9.17) is 10.00 Å². The predicted molar refractivity (Wildman–Crippen MR) is 89.2 cm³/mol. The van der Waals surface area contributed by atoms with Crippen molar-refractivity contribution in [2.45, 2.75) is 6.61 Å². The fraction of sp³-hybridized carbons (Fsp3) is 0.105. The Morgan fingerprint density at radius 1 is 1.24 bits per heavy atom. The van der Waals surface area contributed by atoms with Crippen molar-refractivity contribution in [3.63, 3.8) is 0 Å². The summed E-state index contributed by atoms with van der Waals surface area (Å²) in [6, 6.07) is 15.0. The average Bonchev–Trinajstić information content (AvgIpc) is 2.65. The van der Waals surface area contributed by atoms with Crippen LogP contribution in [-0.2, 0) is 11.4 Å². The first-order valence-electron chi connectivity index (χ1n) is 7.40. The van der Waals surface area contributed by atoms with E-state index in [-0.39, 0.29) is 17.7 Å². The van der Waals surface area contributed by atoms with E-state index in [0.29, 0.717) is 16.9 Å². The normalized spacial score (nSPS) is 10.6. The number of carbonyl (C=O) groups excluding carboxylic acids is 2. The Labute approximate surface area is 145 Å². The van der Waals surface area contributed by atoms with E-state index < -0.39 is 11.9 Å². The van der Waals surface area contributed by atoms with Crippen LogP contribution < -0.4 is 15.2 Å². The molecule has 2 aromatic rings. The van der Waals surface area contributed by atoms with Crippen LogP contribution in [0.25, 0.3) is 6.08 Å². The van der Waals surface area contributed by atoms with E-state index in [1.54, 1.807) is 36.4 Å². The average molecular weight is 335 g/mol. The summed E-state index contributed by atoms with van der Waals surface area (Å²) in [6.45, 7) is 0.206. The van der Waals surface area contributed by atoms with Gasteiger partial charge in [0.2, 0.25) is 0 Å². The van der Waals surface area contributed by atoms with Crippen molar-refractivity contribution in [2.24, 2.45) is 0 Å². The molecule has 6 heteroatoms. The Bertz CT molecular complexity index is 848. The standard InChI is InChI=1S/C19H16N2O4/c1-21-18(22)16(11-20)9-13-5-7-17(8-6-13)25-12-14-3-2-4-15(10-14)19(23)24/h2-10H,12H2,1H3,(H,21,22)(H,23,24)/p-1/b16-9+. The molecule has 0 unspecified atom stereocenters. The van der Waals surface area contributed by atoms with Gasteiger partial charge in [0, 0.05) is 7.05 Å². The maximum Gasteiger partial charge on any atom is 0.261 e. The summed E-state index contributed by atoms with van der Waals surface area (Å²) in [6.07, 6.45) is 1.48. The number of nitrogens with one attached hydrogen (secondary N) is 1. The Morgan fingerprint density at radius 3 is 2.56 bits per heavy atom. The molecule has 0 radical (unpaired) electrons. The number of nitriles is 1. The first kappa shape index (κ1) is 17.8. The van der Waals surface area contributed by atoms with Crippen molar-refractivity contribution in [1.82, 2.24) is 5.32 Å². The van der Waals surface area contributed by atoms with Crippen molar-refractivity contribution >= 4 is 18.0 Å². The van der Waals surface area contributed by atoms with Crippen LogP contribution in [0.5, 0.6) is 5.75 Å². The molecule has 0 saturated carbocycles. The molecule has 2 rings (SSSR count). The van der Waals surface area contributed by atoms with Crippen molar-refractivity contribution in [2.75, 3.05) is 7.05 Å². The van der Waals surface area contributed by atoms with E-state index >= 15 is 0 Å². The molecule has 2 aromatic carbocycles. The van der Waals surface area contributed by atoms with Gasteiger partial charge in [-0.15, -0.1) is 0 Å². The number of hydrogen-bond donors (Lipinski definition) is 1. The molecular weight excluding hydrogens is 320 g/mol. The minimum absolute atomic E-state index is 0.00950. The molecule has 0 aliphatic rings. The summed E-state index contributed by atoms with van der Waals surface area (Å²) in [5.41, 5.74) is 1.50. The Balaban J connectivity index is 2.05. The highest BCUT2D eigenvalue weighted by Gasteiger charge is 2.06. The van der Waals surface area contributed by atoms with Crippen molar-refractivity contribution < 1.29 is 19.4 Å². The van der Waals surface area contributed by atoms with E-state index in [2.05, 4.69) is 5.32 Å². The number of carboxylic acid groups (broad SMARTS) is 1. The van der Waals surface area contributed by atoms with Crippen LogP contribution in [0.3, 0.4) is 0 Å². The number of likely N-dealkylation sites (N-methyl/N-ethyl adjacent to an activating group) is 1. The fourth-order valence-electron chi connectivity index (χ4n) is 2.06. The Kier molecular flexibility index (Phi) is 5.91. The first-order chi connectivity index (χ1) is 12.0. The van der Waals surface area contributed by atoms with Crippen LogP contribution >= 0.6 is 0 Å². The fourth-order valence-corrected chi connectivity index (χ4v) is 2.06. The van der Waals surface area contributed by atoms with Gasteiger partial charge < -0.3 is 20.0 Å². The van der Waals surface area contributed by atoms with E-state index in [1.807, 2.05) is 6.07 Å². The third-order valence-corrected chi connectivity index (χ3v) is 3.35. The van der Waals surface area contributed by atoms with Gasteiger partial charge in [0.1, 0.15) is 24.0 Å². The highest BCUT2D eigenvalue weighted by molar-refractivity contribution is 6.01. The summed E-state index contributed by atoms with van der Waals surface area (Å²) in [5.74, 6) is -1.10. The van der Waals surface area contributed by atoms with Gasteiger partial charge in [-0.05, 0) is 41.0 Å². The lowest BCUT2D eigenvalue weighted by Gasteiger charge is -2.09. The first-order valence-corrected chi connectivity index (χ1v) is 7.40. The molecular formula is C19H15N2O4-. The third-order valence-electron chi connectivity index (χ3n) is 3.35. The van der Waals surface area contributed by atoms with Gasteiger partial charge >= 0.3 is 0 Å². The van der Waals surface area contributed by atoms with E-state index in [0.717, 1.165) is 0 Å². The lowest BCUT2D eigenvalue weighted by atomic mass is 10.1. The molecule has 0 bridgehead atoms. The van der Waals surface area contributed by atoms with Crippen molar-refractivity contribution in [3.05, 3.63) is 70.8 Å². The molecule has 0 fully saturated rings. The lowest BCUT2D eigenvalue weighted by Crippen LogP contribution is -2.22. The Hall–Kier alpha value is -3.59. The summed E-state index contributed by atoms with van der Waals surface area (Å²) in [4.78, 5) is 22.3. The summed E-state index contributed by atoms with van der Waals surface area (Å²) < 4.78 is 5.60. The van der Waals surface area contributed by atoms with E-state index in [9.17, 15) is 14.7 Å². The molecule has 0 aliphatic carbocycles.